The molecule has 0 bridgehead atoms. The van der Waals surface area contributed by atoms with E-state index in [1.807, 2.05) is 13.8 Å². The molecule has 0 unspecified atom stereocenters. The summed E-state index contributed by atoms with van der Waals surface area (Å²) >= 11 is 12.2. The Morgan fingerprint density at radius 2 is 0.987 bits per heavy atom. The number of rotatable bonds is 14. The molecule has 0 aliphatic heterocycles. The van der Waals surface area contributed by atoms with Gasteiger partial charge in [-0.15, -0.1) is 15.3 Å². The van der Waals surface area contributed by atoms with Gasteiger partial charge in [0, 0.05) is 37.8 Å². The number of nitrogens with one attached hydrogen (secondary N) is 2. The van der Waals surface area contributed by atoms with Gasteiger partial charge >= 0.3 is 48.9 Å². The molecule has 380 valence electrons. The Labute approximate surface area is 481 Å². The van der Waals surface area contributed by atoms with Crippen LogP contribution in [0.15, 0.2) is 164 Å². The maximum Gasteiger partial charge on any atom is 2.00 e. The molecule has 0 spiro atoms. The molecular formula is C52H42BaCl2N6O12S2. The number of aromatic hydroxyl groups is 1. The standard InChI is InChI=1S/2C26H22ClN3O6S.Ba/c2*1-3-36-18-10-8-17(9-11-18)28-26(32)20-14-16-6-4-5-7-19(16)24(25(20)31)30-29-23-15(2)21(27)12-13-22(23)37(33,34)35;/h2*4-14,31H,3H2,1-2H3,(H,28,32)(H,33,34,35);/q;;+2/p-2. The molecule has 0 radical (unpaired) electrons. The SMILES string of the molecule is CCOc1ccc(NC(=O)c2cc3ccccc3c(N=Nc3c(S(=O)(=O)O)ccc(Cl)c3C)c2O)cc1.CCOc1ccc(NC(=O)c2cc3ccccc3c(N=Nc3c(S(=O)(=O)[O-])ccc(Cl)c3C)c2[O-])cc1.[Ba+2]. The van der Waals surface area contributed by atoms with Crippen molar-refractivity contribution in [3.05, 3.63) is 166 Å². The van der Waals surface area contributed by atoms with Crippen molar-refractivity contribution in [2.45, 2.75) is 37.5 Å². The van der Waals surface area contributed by atoms with Crippen LogP contribution in [-0.2, 0) is 20.2 Å². The molecule has 0 aliphatic carbocycles. The molecule has 0 atom stereocenters. The number of benzene rings is 8. The van der Waals surface area contributed by atoms with Crippen LogP contribution < -0.4 is 25.2 Å². The number of halogens is 2. The van der Waals surface area contributed by atoms with Crippen molar-refractivity contribution in [1.29, 1.82) is 0 Å². The third-order valence-electron chi connectivity index (χ3n) is 11.0. The maximum atomic E-state index is 13.4. The molecule has 18 nitrogen and oxygen atoms in total. The van der Waals surface area contributed by atoms with Crippen molar-refractivity contribution in [2.24, 2.45) is 20.5 Å². The van der Waals surface area contributed by atoms with E-state index in [4.69, 9.17) is 32.7 Å². The first kappa shape index (κ1) is 57.9. The van der Waals surface area contributed by atoms with Crippen LogP contribution in [-0.4, -0.2) is 105 Å². The first-order valence-electron chi connectivity index (χ1n) is 22.1. The Kier molecular flexibility index (Phi) is 19.3. The zero-order chi connectivity index (χ0) is 53.5. The number of anilines is 2. The number of amides is 2. The summed E-state index contributed by atoms with van der Waals surface area (Å²) < 4.78 is 79.5. The molecular weight excluding hydrogens is 1170 g/mol. The molecule has 8 aromatic carbocycles. The van der Waals surface area contributed by atoms with Gasteiger partial charge in [-0.1, -0.05) is 77.5 Å². The van der Waals surface area contributed by atoms with E-state index in [2.05, 4.69) is 31.1 Å². The van der Waals surface area contributed by atoms with Gasteiger partial charge in [-0.3, -0.25) is 14.1 Å². The van der Waals surface area contributed by atoms with Crippen LogP contribution in [0.3, 0.4) is 0 Å². The number of hydrogen-bond donors (Lipinski definition) is 4. The van der Waals surface area contributed by atoms with E-state index in [0.29, 0.717) is 57.6 Å². The molecule has 75 heavy (non-hydrogen) atoms. The number of carbonyl (C=O) groups is 2. The second-order valence-corrected chi connectivity index (χ2v) is 19.4. The Balaban J connectivity index is 0.000000241. The Morgan fingerprint density at radius 1 is 0.587 bits per heavy atom. The van der Waals surface area contributed by atoms with Gasteiger partial charge in [0.25, 0.3) is 21.9 Å². The first-order valence-corrected chi connectivity index (χ1v) is 25.7. The van der Waals surface area contributed by atoms with Crippen LogP contribution in [0.1, 0.15) is 45.7 Å². The Morgan fingerprint density at radius 3 is 1.45 bits per heavy atom. The fraction of sp³-hybridized carbons (Fsp3) is 0.115. The summed E-state index contributed by atoms with van der Waals surface area (Å²) in [5, 5.41) is 48.3. The van der Waals surface area contributed by atoms with Crippen LogP contribution in [0.5, 0.6) is 23.0 Å². The van der Waals surface area contributed by atoms with Crippen LogP contribution in [0, 0.1) is 13.8 Å². The zero-order valence-electron chi connectivity index (χ0n) is 40.2. The number of carbonyl (C=O) groups excluding carboxylic acids is 2. The minimum Gasteiger partial charge on any atom is -0.870 e. The van der Waals surface area contributed by atoms with Gasteiger partial charge in [-0.05, 0) is 135 Å². The van der Waals surface area contributed by atoms with Crippen LogP contribution >= 0.6 is 23.2 Å². The fourth-order valence-corrected chi connectivity index (χ4v) is 8.98. The van der Waals surface area contributed by atoms with E-state index in [-0.39, 0.29) is 104 Å². The van der Waals surface area contributed by atoms with Crippen LogP contribution in [0.25, 0.3) is 21.5 Å². The molecule has 23 heteroatoms. The van der Waals surface area contributed by atoms with E-state index in [0.717, 1.165) is 12.1 Å². The topological polar surface area (TPSA) is 281 Å². The summed E-state index contributed by atoms with van der Waals surface area (Å²) in [4.78, 5) is 25.0. The molecule has 0 saturated heterocycles. The maximum absolute atomic E-state index is 13.4. The predicted molar refractivity (Wildman–Crippen MR) is 284 cm³/mol. The Hall–Kier alpha value is -6.41. The fourth-order valence-electron chi connectivity index (χ4n) is 7.33. The Bertz CT molecular complexity index is 3530. The van der Waals surface area contributed by atoms with Crippen molar-refractivity contribution in [3.8, 4) is 23.0 Å². The van der Waals surface area contributed by atoms with Gasteiger partial charge in [0.05, 0.1) is 29.4 Å². The molecule has 0 saturated carbocycles. The van der Waals surface area contributed by atoms with Gasteiger partial charge in [0.15, 0.2) is 5.75 Å². The van der Waals surface area contributed by atoms with E-state index in [1.54, 1.807) is 97.1 Å². The zero-order valence-corrected chi connectivity index (χ0v) is 47.7. The van der Waals surface area contributed by atoms with Gasteiger partial charge in [-0.2, -0.15) is 13.5 Å². The smallest absolute Gasteiger partial charge is 0.870 e. The molecule has 0 heterocycles. The summed E-state index contributed by atoms with van der Waals surface area (Å²) in [6.07, 6.45) is 0. The summed E-state index contributed by atoms with van der Waals surface area (Å²) in [6, 6.07) is 34.7. The van der Waals surface area contributed by atoms with E-state index >= 15 is 0 Å². The minimum absolute atomic E-state index is 0. The second-order valence-electron chi connectivity index (χ2n) is 15.9. The molecule has 0 aliphatic rings. The number of phenolic OH excluding ortho intramolecular Hbond substituents is 1. The quantitative estimate of drug-likeness (QED) is 0.0449. The summed E-state index contributed by atoms with van der Waals surface area (Å²) in [7, 11) is -9.55. The van der Waals surface area contributed by atoms with Crippen molar-refractivity contribution in [3.63, 3.8) is 0 Å². The van der Waals surface area contributed by atoms with Crippen molar-refractivity contribution in [1.82, 2.24) is 0 Å². The third-order valence-corrected chi connectivity index (χ3v) is 13.6. The number of nitrogens with zero attached hydrogens (tertiary/aromatic N) is 4. The summed E-state index contributed by atoms with van der Waals surface area (Å²) in [5.41, 5.74) is 0.398. The van der Waals surface area contributed by atoms with E-state index in [1.165, 1.54) is 38.1 Å². The van der Waals surface area contributed by atoms with E-state index < -0.39 is 53.3 Å². The average Bonchev–Trinajstić information content (AvgIpc) is 3.36. The monoisotopic (exact) mass is 1210 g/mol. The molecule has 4 N–H and O–H groups in total. The number of ether oxygens (including phenoxy) is 2. The van der Waals surface area contributed by atoms with Crippen LogP contribution in [0.2, 0.25) is 10.0 Å². The summed E-state index contributed by atoms with van der Waals surface area (Å²) in [5.74, 6) is -1.16. The third kappa shape index (κ3) is 13.7. The first-order chi connectivity index (χ1) is 35.2. The summed E-state index contributed by atoms with van der Waals surface area (Å²) in [6.45, 7) is 7.72. The van der Waals surface area contributed by atoms with Crippen molar-refractivity contribution >= 4 is 160 Å². The average molecular weight is 1220 g/mol. The van der Waals surface area contributed by atoms with Crippen molar-refractivity contribution in [2.75, 3.05) is 23.8 Å². The van der Waals surface area contributed by atoms with Crippen molar-refractivity contribution < 1.29 is 55.2 Å². The van der Waals surface area contributed by atoms with E-state index in [9.17, 15) is 45.7 Å². The van der Waals surface area contributed by atoms with Crippen LogP contribution in [0.4, 0.5) is 34.1 Å². The van der Waals surface area contributed by atoms with Gasteiger partial charge in [-0.25, -0.2) is 8.42 Å². The van der Waals surface area contributed by atoms with Gasteiger partial charge in [0.2, 0.25) is 0 Å². The van der Waals surface area contributed by atoms with Gasteiger partial charge < -0.3 is 34.9 Å². The minimum atomic E-state index is -4.91. The molecule has 0 aromatic heterocycles. The molecule has 8 rings (SSSR count). The number of hydrogen-bond acceptors (Lipinski definition) is 15. The number of fused-ring (bicyclic) bond motifs is 2. The second kappa shape index (κ2) is 25.0. The van der Waals surface area contributed by atoms with Gasteiger partial charge in [0.1, 0.15) is 43.6 Å². The molecule has 0 fully saturated rings. The number of azo groups is 2. The predicted octanol–water partition coefficient (Wildman–Crippen LogP) is 12.3. The molecule has 2 amide bonds. The largest absolute Gasteiger partial charge is 2.00 e. The number of phenols is 1. The molecule has 8 aromatic rings. The normalized spacial score (nSPS) is 11.5.